The SMILES string of the molecule is CCN(CC)[C@@H](CNC(=O)CCNC(=O)C1CCCC1)c1ccco1. The van der Waals surface area contributed by atoms with Gasteiger partial charge >= 0.3 is 0 Å². The highest BCUT2D eigenvalue weighted by atomic mass is 16.3. The number of likely N-dealkylation sites (N-methyl/N-ethyl adjacent to an activating group) is 1. The molecule has 0 aromatic carbocycles. The van der Waals surface area contributed by atoms with Crippen LogP contribution in [-0.4, -0.2) is 42.9 Å². The first-order valence-electron chi connectivity index (χ1n) is 9.47. The highest BCUT2D eigenvalue weighted by Crippen LogP contribution is 2.24. The van der Waals surface area contributed by atoms with E-state index < -0.39 is 0 Å². The summed E-state index contributed by atoms with van der Waals surface area (Å²) < 4.78 is 5.53. The number of furan rings is 1. The number of nitrogens with zero attached hydrogens (tertiary/aromatic N) is 1. The highest BCUT2D eigenvalue weighted by Gasteiger charge is 2.23. The van der Waals surface area contributed by atoms with Crippen molar-refractivity contribution in [1.82, 2.24) is 15.5 Å². The van der Waals surface area contributed by atoms with Crippen molar-refractivity contribution in [3.05, 3.63) is 24.2 Å². The summed E-state index contributed by atoms with van der Waals surface area (Å²) in [7, 11) is 0. The Morgan fingerprint density at radius 2 is 1.96 bits per heavy atom. The number of amides is 2. The molecule has 1 aromatic rings. The second-order valence-electron chi connectivity index (χ2n) is 6.58. The fraction of sp³-hybridized carbons (Fsp3) is 0.684. The Labute approximate surface area is 150 Å². The second-order valence-corrected chi connectivity index (χ2v) is 6.58. The molecule has 2 amide bonds. The van der Waals surface area contributed by atoms with E-state index in [-0.39, 0.29) is 23.8 Å². The molecule has 0 unspecified atom stereocenters. The van der Waals surface area contributed by atoms with Gasteiger partial charge in [0.1, 0.15) is 5.76 Å². The summed E-state index contributed by atoms with van der Waals surface area (Å²) in [5, 5.41) is 5.86. The van der Waals surface area contributed by atoms with Gasteiger partial charge in [-0.2, -0.15) is 0 Å². The molecule has 2 N–H and O–H groups in total. The minimum atomic E-state index is -0.0459. The van der Waals surface area contributed by atoms with Crippen molar-refractivity contribution < 1.29 is 14.0 Å². The first-order valence-corrected chi connectivity index (χ1v) is 9.47. The van der Waals surface area contributed by atoms with Crippen LogP contribution >= 0.6 is 0 Å². The summed E-state index contributed by atoms with van der Waals surface area (Å²) in [6, 6.07) is 3.84. The van der Waals surface area contributed by atoms with Gasteiger partial charge in [-0.1, -0.05) is 26.7 Å². The lowest BCUT2D eigenvalue weighted by Gasteiger charge is -2.28. The Bertz CT molecular complexity index is 520. The van der Waals surface area contributed by atoms with Crippen molar-refractivity contribution in [3.8, 4) is 0 Å². The van der Waals surface area contributed by atoms with E-state index in [9.17, 15) is 9.59 Å². The smallest absolute Gasteiger partial charge is 0.223 e. The third kappa shape index (κ3) is 5.88. The molecule has 0 aliphatic heterocycles. The molecule has 1 heterocycles. The molecular formula is C19H31N3O3. The van der Waals surface area contributed by atoms with E-state index in [0.717, 1.165) is 44.5 Å². The van der Waals surface area contributed by atoms with Crippen molar-refractivity contribution in [3.63, 3.8) is 0 Å². The van der Waals surface area contributed by atoms with Gasteiger partial charge in [-0.15, -0.1) is 0 Å². The molecule has 0 saturated heterocycles. The maximum Gasteiger partial charge on any atom is 0.223 e. The zero-order valence-corrected chi connectivity index (χ0v) is 15.4. The zero-order chi connectivity index (χ0) is 18.1. The molecule has 1 aromatic heterocycles. The quantitative estimate of drug-likeness (QED) is 0.680. The molecule has 6 heteroatoms. The van der Waals surface area contributed by atoms with Gasteiger partial charge in [0.2, 0.25) is 11.8 Å². The molecule has 1 fully saturated rings. The van der Waals surface area contributed by atoms with Crippen molar-refractivity contribution in [2.45, 2.75) is 52.0 Å². The average Bonchev–Trinajstić information content (AvgIpc) is 3.32. The number of carbonyl (C=O) groups excluding carboxylic acids is 2. The van der Waals surface area contributed by atoms with Gasteiger partial charge in [-0.05, 0) is 38.1 Å². The summed E-state index contributed by atoms with van der Waals surface area (Å²) in [5.74, 6) is 1.06. The number of carbonyl (C=O) groups is 2. The van der Waals surface area contributed by atoms with Crippen molar-refractivity contribution in [1.29, 1.82) is 0 Å². The lowest BCUT2D eigenvalue weighted by Crippen LogP contribution is -2.39. The van der Waals surface area contributed by atoms with E-state index >= 15 is 0 Å². The summed E-state index contributed by atoms with van der Waals surface area (Å²) in [6.45, 7) is 6.87. The molecule has 0 bridgehead atoms. The number of hydrogen-bond donors (Lipinski definition) is 2. The normalized spacial score (nSPS) is 16.1. The van der Waals surface area contributed by atoms with Gasteiger partial charge < -0.3 is 15.1 Å². The molecule has 1 aliphatic carbocycles. The zero-order valence-electron chi connectivity index (χ0n) is 15.4. The van der Waals surface area contributed by atoms with Crippen LogP contribution in [0.25, 0.3) is 0 Å². The summed E-state index contributed by atoms with van der Waals surface area (Å²) in [4.78, 5) is 26.3. The van der Waals surface area contributed by atoms with Crippen LogP contribution in [-0.2, 0) is 9.59 Å². The maximum absolute atomic E-state index is 12.1. The standard InChI is InChI=1S/C19H31N3O3/c1-3-22(4-2)16(17-10-7-13-25-17)14-21-18(23)11-12-20-19(24)15-8-5-6-9-15/h7,10,13,15-16H,3-6,8-9,11-12,14H2,1-2H3,(H,20,24)(H,21,23)/t16-/m0/s1. The number of hydrogen-bond acceptors (Lipinski definition) is 4. The Morgan fingerprint density at radius 1 is 1.24 bits per heavy atom. The van der Waals surface area contributed by atoms with Crippen LogP contribution < -0.4 is 10.6 Å². The molecule has 1 atom stereocenters. The fourth-order valence-electron chi connectivity index (χ4n) is 3.49. The molecule has 1 aliphatic rings. The largest absolute Gasteiger partial charge is 0.468 e. The van der Waals surface area contributed by atoms with Crippen LogP contribution in [0.2, 0.25) is 0 Å². The topological polar surface area (TPSA) is 74.6 Å². The third-order valence-corrected chi connectivity index (χ3v) is 4.99. The predicted octanol–water partition coefficient (Wildman–Crippen LogP) is 2.48. The first-order chi connectivity index (χ1) is 12.2. The Balaban J connectivity index is 1.73. The van der Waals surface area contributed by atoms with Crippen LogP contribution in [0.3, 0.4) is 0 Å². The minimum absolute atomic E-state index is 0.0297. The van der Waals surface area contributed by atoms with E-state index in [0.29, 0.717) is 19.5 Å². The summed E-state index contributed by atoms with van der Waals surface area (Å²) in [5.41, 5.74) is 0. The summed E-state index contributed by atoms with van der Waals surface area (Å²) in [6.07, 6.45) is 6.20. The van der Waals surface area contributed by atoms with Gasteiger partial charge in [-0.25, -0.2) is 0 Å². The van der Waals surface area contributed by atoms with Crippen LogP contribution in [0, 0.1) is 5.92 Å². The monoisotopic (exact) mass is 349 g/mol. The van der Waals surface area contributed by atoms with Crippen molar-refractivity contribution in [2.24, 2.45) is 5.92 Å². The van der Waals surface area contributed by atoms with E-state index in [1.165, 1.54) is 0 Å². The molecule has 2 rings (SSSR count). The van der Waals surface area contributed by atoms with Gasteiger partial charge in [0.25, 0.3) is 0 Å². The minimum Gasteiger partial charge on any atom is -0.468 e. The fourth-order valence-corrected chi connectivity index (χ4v) is 3.49. The molecule has 0 spiro atoms. The maximum atomic E-state index is 12.1. The third-order valence-electron chi connectivity index (χ3n) is 4.99. The van der Waals surface area contributed by atoms with Crippen LogP contribution in [0.15, 0.2) is 22.8 Å². The Kier molecular flexibility index (Phi) is 7.98. The number of nitrogens with one attached hydrogen (secondary N) is 2. The van der Waals surface area contributed by atoms with Gasteiger partial charge in [0.15, 0.2) is 0 Å². The molecule has 140 valence electrons. The van der Waals surface area contributed by atoms with Crippen LogP contribution in [0.5, 0.6) is 0 Å². The Hall–Kier alpha value is -1.82. The Morgan fingerprint density at radius 3 is 2.56 bits per heavy atom. The predicted molar refractivity (Wildman–Crippen MR) is 97.0 cm³/mol. The van der Waals surface area contributed by atoms with E-state index in [1.807, 2.05) is 12.1 Å². The molecule has 25 heavy (non-hydrogen) atoms. The molecular weight excluding hydrogens is 318 g/mol. The lowest BCUT2D eigenvalue weighted by molar-refractivity contribution is -0.125. The van der Waals surface area contributed by atoms with E-state index in [4.69, 9.17) is 4.42 Å². The lowest BCUT2D eigenvalue weighted by atomic mass is 10.1. The first kappa shape index (κ1) is 19.5. The molecule has 1 saturated carbocycles. The van der Waals surface area contributed by atoms with Crippen LogP contribution in [0.1, 0.15) is 57.8 Å². The van der Waals surface area contributed by atoms with E-state index in [1.54, 1.807) is 6.26 Å². The molecule has 6 nitrogen and oxygen atoms in total. The van der Waals surface area contributed by atoms with E-state index in [2.05, 4.69) is 29.4 Å². The van der Waals surface area contributed by atoms with Gasteiger partial charge in [0, 0.05) is 25.4 Å². The van der Waals surface area contributed by atoms with Crippen molar-refractivity contribution >= 4 is 11.8 Å². The second kappa shape index (κ2) is 10.2. The van der Waals surface area contributed by atoms with Gasteiger partial charge in [-0.3, -0.25) is 14.5 Å². The average molecular weight is 349 g/mol. The van der Waals surface area contributed by atoms with Gasteiger partial charge in [0.05, 0.1) is 12.3 Å². The van der Waals surface area contributed by atoms with Crippen molar-refractivity contribution in [2.75, 3.05) is 26.2 Å². The summed E-state index contributed by atoms with van der Waals surface area (Å²) >= 11 is 0. The highest BCUT2D eigenvalue weighted by molar-refractivity contribution is 5.80. The number of rotatable bonds is 10. The van der Waals surface area contributed by atoms with Crippen LogP contribution in [0.4, 0.5) is 0 Å². The molecule has 0 radical (unpaired) electrons.